The van der Waals surface area contributed by atoms with Crippen LogP contribution in [0, 0.1) is 0 Å². The van der Waals surface area contributed by atoms with Gasteiger partial charge in [0.25, 0.3) is 5.56 Å². The molecule has 0 aliphatic carbocycles. The van der Waals surface area contributed by atoms with Crippen molar-refractivity contribution in [1.82, 2.24) is 20.2 Å². The molecule has 1 aliphatic rings. The minimum atomic E-state index is -5.08. The molecular weight excluding hydrogens is 413 g/mol. The number of carboxylic acid groups (broad SMARTS) is 1. The fourth-order valence-electron chi connectivity index (χ4n) is 3.03. The molecule has 0 saturated carbocycles. The lowest BCUT2D eigenvalue weighted by atomic mass is 10.1. The van der Waals surface area contributed by atoms with Crippen LogP contribution >= 0.6 is 0 Å². The van der Waals surface area contributed by atoms with E-state index in [1.54, 1.807) is 6.07 Å². The summed E-state index contributed by atoms with van der Waals surface area (Å²) in [7, 11) is 0. The van der Waals surface area contributed by atoms with Crippen molar-refractivity contribution >= 4 is 5.97 Å². The van der Waals surface area contributed by atoms with Gasteiger partial charge >= 0.3 is 12.1 Å². The van der Waals surface area contributed by atoms with Gasteiger partial charge in [0.2, 0.25) is 0 Å². The largest absolute Gasteiger partial charge is 0.490 e. The lowest BCUT2D eigenvalue weighted by molar-refractivity contribution is -0.192. The fraction of sp³-hybridized carbons (Fsp3) is 0.476. The maximum Gasteiger partial charge on any atom is 0.490 e. The maximum absolute atomic E-state index is 11.9. The first-order valence-electron chi connectivity index (χ1n) is 10.1. The molecule has 7 nitrogen and oxygen atoms in total. The summed E-state index contributed by atoms with van der Waals surface area (Å²) in [6, 6.07) is 9.99. The summed E-state index contributed by atoms with van der Waals surface area (Å²) in [6.45, 7) is 7.43. The number of hydrogen-bond donors (Lipinski definition) is 3. The van der Waals surface area contributed by atoms with Crippen molar-refractivity contribution in [3.8, 4) is 11.4 Å². The van der Waals surface area contributed by atoms with E-state index in [0.29, 0.717) is 5.82 Å². The molecule has 31 heavy (non-hydrogen) atoms. The highest BCUT2D eigenvalue weighted by Gasteiger charge is 2.38. The van der Waals surface area contributed by atoms with E-state index in [1.807, 2.05) is 0 Å². The number of aliphatic carboxylic acids is 1. The van der Waals surface area contributed by atoms with E-state index in [1.165, 1.54) is 5.56 Å². The average Bonchev–Trinajstić information content (AvgIpc) is 2.73. The van der Waals surface area contributed by atoms with E-state index in [9.17, 15) is 18.0 Å². The van der Waals surface area contributed by atoms with Crippen LogP contribution in [0.1, 0.15) is 31.0 Å². The van der Waals surface area contributed by atoms with Crippen molar-refractivity contribution in [2.24, 2.45) is 0 Å². The van der Waals surface area contributed by atoms with Crippen molar-refractivity contribution in [1.29, 1.82) is 0 Å². The summed E-state index contributed by atoms with van der Waals surface area (Å²) >= 11 is 0. The molecular formula is C21H27F3N4O3. The molecule has 1 aliphatic heterocycles. The third-order valence-electron chi connectivity index (χ3n) is 4.67. The molecule has 0 atom stereocenters. The van der Waals surface area contributed by atoms with Gasteiger partial charge in [-0.15, -0.1) is 0 Å². The molecule has 170 valence electrons. The molecule has 0 spiro atoms. The number of rotatable bonds is 6. The third-order valence-corrected chi connectivity index (χ3v) is 4.67. The van der Waals surface area contributed by atoms with Crippen molar-refractivity contribution in [2.75, 3.05) is 26.2 Å². The number of nitrogens with one attached hydrogen (secondary N) is 2. The lowest BCUT2D eigenvalue weighted by Crippen LogP contribution is -2.42. The van der Waals surface area contributed by atoms with E-state index >= 15 is 0 Å². The Bertz CT molecular complexity index is 892. The summed E-state index contributed by atoms with van der Waals surface area (Å²) in [5, 5.41) is 10.5. The number of alkyl halides is 3. The summed E-state index contributed by atoms with van der Waals surface area (Å²) in [5.41, 5.74) is 3.07. The summed E-state index contributed by atoms with van der Waals surface area (Å²) in [4.78, 5) is 30.7. The number of H-pyrrole nitrogens is 1. The highest BCUT2D eigenvalue weighted by atomic mass is 19.4. The maximum atomic E-state index is 11.9. The van der Waals surface area contributed by atoms with Crippen molar-refractivity contribution in [3.63, 3.8) is 0 Å². The van der Waals surface area contributed by atoms with E-state index in [2.05, 4.69) is 51.4 Å². The smallest absolute Gasteiger partial charge is 0.475 e. The van der Waals surface area contributed by atoms with E-state index in [4.69, 9.17) is 9.90 Å². The molecule has 10 heteroatoms. The summed E-state index contributed by atoms with van der Waals surface area (Å²) < 4.78 is 31.7. The Morgan fingerprint density at radius 3 is 2.35 bits per heavy atom. The van der Waals surface area contributed by atoms with Gasteiger partial charge < -0.3 is 15.4 Å². The molecule has 0 radical (unpaired) electrons. The van der Waals surface area contributed by atoms with E-state index < -0.39 is 12.1 Å². The van der Waals surface area contributed by atoms with Crippen LogP contribution in [0.15, 0.2) is 35.1 Å². The number of piperazine rings is 1. The van der Waals surface area contributed by atoms with Crippen LogP contribution in [0.2, 0.25) is 0 Å². The van der Waals surface area contributed by atoms with Gasteiger partial charge in [0.05, 0.1) is 0 Å². The average molecular weight is 440 g/mol. The molecule has 1 fully saturated rings. The summed E-state index contributed by atoms with van der Waals surface area (Å²) in [6.07, 6.45) is -2.07. The Hall–Kier alpha value is -2.72. The number of aromatic nitrogens is 2. The Morgan fingerprint density at radius 2 is 1.81 bits per heavy atom. The highest BCUT2D eigenvalue weighted by molar-refractivity contribution is 5.73. The molecule has 0 unspecified atom stereocenters. The first-order chi connectivity index (χ1) is 14.7. The quantitative estimate of drug-likeness (QED) is 0.639. The molecule has 1 aromatic heterocycles. The predicted molar refractivity (Wildman–Crippen MR) is 111 cm³/mol. The normalized spacial score (nSPS) is 14.6. The van der Waals surface area contributed by atoms with Gasteiger partial charge in [0, 0.05) is 50.0 Å². The van der Waals surface area contributed by atoms with Crippen LogP contribution in [0.25, 0.3) is 11.4 Å². The third kappa shape index (κ3) is 8.50. The van der Waals surface area contributed by atoms with Gasteiger partial charge in [-0.3, -0.25) is 9.69 Å². The van der Waals surface area contributed by atoms with Gasteiger partial charge in [-0.1, -0.05) is 37.6 Å². The Kier molecular flexibility index (Phi) is 9.20. The van der Waals surface area contributed by atoms with Crippen LogP contribution in [-0.2, 0) is 17.8 Å². The van der Waals surface area contributed by atoms with Crippen LogP contribution in [-0.4, -0.2) is 58.3 Å². The van der Waals surface area contributed by atoms with Crippen LogP contribution in [0.3, 0.4) is 0 Å². The molecule has 1 saturated heterocycles. The molecule has 0 bridgehead atoms. The second-order valence-electron chi connectivity index (χ2n) is 7.21. The lowest BCUT2D eigenvalue weighted by Gasteiger charge is -2.27. The van der Waals surface area contributed by atoms with E-state index in [-0.39, 0.29) is 5.56 Å². The fourth-order valence-corrected chi connectivity index (χ4v) is 3.03. The zero-order valence-electron chi connectivity index (χ0n) is 17.3. The topological polar surface area (TPSA) is 98.3 Å². The van der Waals surface area contributed by atoms with E-state index in [0.717, 1.165) is 63.2 Å². The highest BCUT2D eigenvalue weighted by Crippen LogP contribution is 2.17. The summed E-state index contributed by atoms with van der Waals surface area (Å²) in [5.74, 6) is -2.09. The van der Waals surface area contributed by atoms with Gasteiger partial charge in [-0.25, -0.2) is 9.78 Å². The minimum Gasteiger partial charge on any atom is -0.475 e. The zero-order valence-corrected chi connectivity index (χ0v) is 17.3. The Labute approximate surface area is 178 Å². The number of benzene rings is 1. The Morgan fingerprint density at radius 1 is 1.19 bits per heavy atom. The molecule has 2 heterocycles. The second-order valence-corrected chi connectivity index (χ2v) is 7.21. The number of hydrogen-bond acceptors (Lipinski definition) is 5. The van der Waals surface area contributed by atoms with Crippen LogP contribution in [0.4, 0.5) is 13.2 Å². The molecule has 3 rings (SSSR count). The molecule has 3 N–H and O–H groups in total. The number of aryl methyl sites for hydroxylation is 1. The SMILES string of the molecule is CCCCc1cc(=O)[nH]c(-c2ccc(CN3CCNCC3)cc2)n1.O=C(O)C(F)(F)F. The second kappa shape index (κ2) is 11.6. The van der Waals surface area contributed by atoms with Gasteiger partial charge in [-0.05, 0) is 18.4 Å². The Balaban J connectivity index is 0.000000423. The first kappa shape index (κ1) is 24.5. The van der Waals surface area contributed by atoms with Crippen LogP contribution in [0.5, 0.6) is 0 Å². The number of aromatic amines is 1. The zero-order chi connectivity index (χ0) is 22.9. The van der Waals surface area contributed by atoms with Crippen molar-refractivity contribution < 1.29 is 23.1 Å². The number of nitrogens with zero attached hydrogens (tertiary/aromatic N) is 2. The molecule has 0 amide bonds. The van der Waals surface area contributed by atoms with Gasteiger partial charge in [0.1, 0.15) is 5.82 Å². The molecule has 1 aromatic carbocycles. The monoisotopic (exact) mass is 440 g/mol. The van der Waals surface area contributed by atoms with Crippen molar-refractivity contribution in [2.45, 2.75) is 38.9 Å². The first-order valence-corrected chi connectivity index (χ1v) is 10.1. The van der Waals surface area contributed by atoms with Crippen LogP contribution < -0.4 is 10.9 Å². The molecule has 2 aromatic rings. The number of halogens is 3. The minimum absolute atomic E-state index is 0.0732. The standard InChI is InChI=1S/C19H26N4O.C2HF3O2/c1-2-3-4-17-13-18(24)22-19(21-17)16-7-5-15(6-8-16)14-23-11-9-20-10-12-23;3-2(4,5)1(6)7/h5-8,13,20H,2-4,9-12,14H2,1H3,(H,21,22,24);(H,6,7). The van der Waals surface area contributed by atoms with Crippen molar-refractivity contribution in [3.05, 3.63) is 51.9 Å². The number of carbonyl (C=O) groups is 1. The number of unbranched alkanes of at least 4 members (excludes halogenated alkanes) is 1. The predicted octanol–water partition coefficient (Wildman–Crippen LogP) is 2.82. The number of carboxylic acids is 1. The van der Waals surface area contributed by atoms with Gasteiger partial charge in [0.15, 0.2) is 0 Å². The van der Waals surface area contributed by atoms with Gasteiger partial charge in [-0.2, -0.15) is 13.2 Å².